The number of ether oxygens (including phenoxy) is 1. The highest BCUT2D eigenvalue weighted by Gasteiger charge is 2.43. The number of rotatable bonds is 8. The van der Waals surface area contributed by atoms with Gasteiger partial charge in [0.15, 0.2) is 0 Å². The summed E-state index contributed by atoms with van der Waals surface area (Å²) >= 11 is 12.9. The Morgan fingerprint density at radius 2 is 1.84 bits per heavy atom. The first kappa shape index (κ1) is 33.9. The smallest absolute Gasteiger partial charge is 0.410 e. The van der Waals surface area contributed by atoms with Crippen LogP contribution in [0.2, 0.25) is 10.0 Å². The maximum atomic E-state index is 14.4. The third-order valence-corrected chi connectivity index (χ3v) is 8.67. The number of aromatic nitrogens is 1. The molecule has 11 heteroatoms. The van der Waals surface area contributed by atoms with Crippen molar-refractivity contribution < 1.29 is 14.3 Å². The van der Waals surface area contributed by atoms with Gasteiger partial charge in [-0.25, -0.2) is 4.79 Å². The summed E-state index contributed by atoms with van der Waals surface area (Å²) in [6.07, 6.45) is 8.02. The van der Waals surface area contributed by atoms with E-state index in [1.807, 2.05) is 52.2 Å². The number of nitrogens with two attached hydrogens (primary N) is 1. The first-order valence-corrected chi connectivity index (χ1v) is 16.2. The lowest BCUT2D eigenvalue weighted by Crippen LogP contribution is -2.61. The van der Waals surface area contributed by atoms with E-state index < -0.39 is 17.7 Å². The molecule has 1 fully saturated rings. The Morgan fingerprint density at radius 1 is 1.11 bits per heavy atom. The van der Waals surface area contributed by atoms with Crippen LogP contribution in [0.15, 0.2) is 42.9 Å². The van der Waals surface area contributed by atoms with Crippen LogP contribution in [0, 0.1) is 0 Å². The van der Waals surface area contributed by atoms with Crippen LogP contribution in [0.3, 0.4) is 0 Å². The fourth-order valence-corrected chi connectivity index (χ4v) is 6.48. The molecule has 2 heterocycles. The second-order valence-electron chi connectivity index (χ2n) is 12.6. The van der Waals surface area contributed by atoms with Gasteiger partial charge in [0.05, 0.1) is 16.8 Å². The molecule has 2 amide bonds. The Balaban J connectivity index is 1.72. The molecule has 2 aromatic rings. The van der Waals surface area contributed by atoms with E-state index >= 15 is 0 Å². The van der Waals surface area contributed by atoms with Crippen molar-refractivity contribution >= 4 is 35.2 Å². The van der Waals surface area contributed by atoms with Gasteiger partial charge in [-0.1, -0.05) is 29.3 Å². The monoisotopic (exact) mass is 644 g/mol. The quantitative estimate of drug-likeness (QED) is 0.406. The van der Waals surface area contributed by atoms with Gasteiger partial charge in [0, 0.05) is 69.9 Å². The van der Waals surface area contributed by atoms with Crippen LogP contribution in [0.4, 0.5) is 4.79 Å². The molecule has 2 N–H and O–H groups in total. The van der Waals surface area contributed by atoms with Crippen molar-refractivity contribution in [2.75, 3.05) is 46.3 Å². The van der Waals surface area contributed by atoms with E-state index in [0.717, 1.165) is 61.2 Å². The van der Waals surface area contributed by atoms with Gasteiger partial charge >= 0.3 is 6.09 Å². The first-order chi connectivity index (χ1) is 20.9. The summed E-state index contributed by atoms with van der Waals surface area (Å²) in [6.45, 7) is 10.9. The molecule has 1 aliphatic carbocycles. The molecule has 1 unspecified atom stereocenters. The summed E-state index contributed by atoms with van der Waals surface area (Å²) < 4.78 is 5.73. The lowest BCUT2D eigenvalue weighted by molar-refractivity contribution is -0.139. The fraction of sp³-hybridized carbons (Fsp3) is 0.545. The molecule has 240 valence electrons. The molecule has 0 saturated carbocycles. The van der Waals surface area contributed by atoms with Gasteiger partial charge in [-0.05, 0) is 88.3 Å². The Bertz CT molecular complexity index is 1290. The van der Waals surface area contributed by atoms with E-state index in [9.17, 15) is 9.59 Å². The SMILES string of the molecule is CCN(/C=C\N)CCCN(C)C(=O)[C@H]1CN(C(=O)OC(C)(C)C)CCN1C1c2ccc(Cl)cc2CCCc2cc(Cl)cnc21. The third kappa shape index (κ3) is 8.37. The minimum absolute atomic E-state index is 0.0521. The molecule has 2 atom stereocenters. The number of likely N-dealkylation sites (N-methyl/N-ethyl adjacent to an activating group) is 1. The molecule has 2 aliphatic rings. The van der Waals surface area contributed by atoms with Crippen molar-refractivity contribution in [3.63, 3.8) is 0 Å². The van der Waals surface area contributed by atoms with Gasteiger partial charge in [-0.3, -0.25) is 14.7 Å². The van der Waals surface area contributed by atoms with E-state index in [1.165, 1.54) is 6.20 Å². The summed E-state index contributed by atoms with van der Waals surface area (Å²) in [5.74, 6) is -0.0521. The number of fused-ring (bicyclic) bond motifs is 2. The molecular formula is C33H46Cl2N6O3. The van der Waals surface area contributed by atoms with Crippen LogP contribution >= 0.6 is 23.2 Å². The van der Waals surface area contributed by atoms with Crippen LogP contribution in [-0.4, -0.2) is 94.5 Å². The molecule has 4 rings (SSSR count). The summed E-state index contributed by atoms with van der Waals surface area (Å²) in [7, 11) is 1.83. The number of nitrogens with zero attached hydrogens (tertiary/aromatic N) is 5. The number of halogens is 2. The predicted octanol–water partition coefficient (Wildman–Crippen LogP) is 5.49. The molecule has 9 nitrogen and oxygen atoms in total. The zero-order valence-corrected chi connectivity index (χ0v) is 28.1. The molecule has 1 aliphatic heterocycles. The van der Waals surface area contributed by atoms with Crippen molar-refractivity contribution in [3.05, 3.63) is 75.3 Å². The van der Waals surface area contributed by atoms with Crippen molar-refractivity contribution in [3.8, 4) is 0 Å². The van der Waals surface area contributed by atoms with Gasteiger partial charge in [-0.15, -0.1) is 0 Å². The maximum Gasteiger partial charge on any atom is 0.410 e. The van der Waals surface area contributed by atoms with Crippen molar-refractivity contribution in [2.24, 2.45) is 5.73 Å². The Kier molecular flexibility index (Phi) is 11.4. The number of pyridine rings is 1. The number of hydrogen-bond acceptors (Lipinski definition) is 7. The Labute approximate surface area is 271 Å². The highest BCUT2D eigenvalue weighted by Crippen LogP contribution is 2.39. The molecule has 0 spiro atoms. The average Bonchev–Trinajstić information content (AvgIpc) is 2.96. The zero-order chi connectivity index (χ0) is 32.0. The van der Waals surface area contributed by atoms with Gasteiger partial charge in [-0.2, -0.15) is 0 Å². The topological polar surface area (TPSA) is 95.2 Å². The van der Waals surface area contributed by atoms with E-state index in [0.29, 0.717) is 29.7 Å². The predicted molar refractivity (Wildman–Crippen MR) is 176 cm³/mol. The van der Waals surface area contributed by atoms with Gasteiger partial charge < -0.3 is 25.2 Å². The normalized spacial score (nSPS) is 19.1. The minimum atomic E-state index is -0.645. The van der Waals surface area contributed by atoms with Crippen molar-refractivity contribution in [1.29, 1.82) is 0 Å². The molecule has 0 bridgehead atoms. The number of benzene rings is 1. The molecule has 1 aromatic heterocycles. The summed E-state index contributed by atoms with van der Waals surface area (Å²) in [5, 5.41) is 1.27. The third-order valence-electron chi connectivity index (χ3n) is 8.23. The number of carbonyl (C=O) groups excluding carboxylic acids is 2. The highest BCUT2D eigenvalue weighted by molar-refractivity contribution is 6.30. The van der Waals surface area contributed by atoms with Crippen molar-refractivity contribution in [2.45, 2.75) is 71.1 Å². The molecule has 44 heavy (non-hydrogen) atoms. The van der Waals surface area contributed by atoms with Crippen LogP contribution in [0.5, 0.6) is 0 Å². The molecule has 0 radical (unpaired) electrons. The van der Waals surface area contributed by atoms with Crippen LogP contribution in [0.1, 0.15) is 69.0 Å². The number of carbonyl (C=O) groups is 2. The second kappa shape index (κ2) is 14.8. The maximum absolute atomic E-state index is 14.4. The van der Waals surface area contributed by atoms with Crippen LogP contribution in [-0.2, 0) is 22.4 Å². The Hall–Kier alpha value is -3.01. The molecule has 1 saturated heterocycles. The van der Waals surface area contributed by atoms with E-state index in [1.54, 1.807) is 16.0 Å². The lowest BCUT2D eigenvalue weighted by atomic mass is 9.86. The van der Waals surface area contributed by atoms with E-state index in [4.69, 9.17) is 38.7 Å². The molecule has 1 aromatic carbocycles. The zero-order valence-electron chi connectivity index (χ0n) is 26.6. The fourth-order valence-electron chi connectivity index (χ4n) is 6.10. The summed E-state index contributed by atoms with van der Waals surface area (Å²) in [6, 6.07) is 7.05. The van der Waals surface area contributed by atoms with Gasteiger partial charge in [0.25, 0.3) is 0 Å². The van der Waals surface area contributed by atoms with Gasteiger partial charge in [0.1, 0.15) is 11.6 Å². The van der Waals surface area contributed by atoms with Gasteiger partial charge in [0.2, 0.25) is 5.91 Å². The largest absolute Gasteiger partial charge is 0.444 e. The summed E-state index contributed by atoms with van der Waals surface area (Å²) in [5.41, 5.74) is 9.13. The molecular weight excluding hydrogens is 599 g/mol. The van der Waals surface area contributed by atoms with E-state index in [2.05, 4.69) is 22.8 Å². The number of piperazine rings is 1. The van der Waals surface area contributed by atoms with E-state index in [-0.39, 0.29) is 18.5 Å². The first-order valence-electron chi connectivity index (χ1n) is 15.5. The standard InChI is InChI=1S/C33H46Cl2N6O3/c1-6-39(16-13-36)15-8-14-38(5)31(42)28-22-40(32(43)44-33(2,3)4)17-18-41(28)30-27-12-11-25(34)19-23(27)9-7-10-24-20-26(35)21-37-29(24)30/h11-13,16,19-21,28,30H,6-10,14-15,17-18,22,36H2,1-5H3/b16-13-/t28-,30?/m1/s1. The Morgan fingerprint density at radius 3 is 2.55 bits per heavy atom. The minimum Gasteiger partial charge on any atom is -0.444 e. The van der Waals surface area contributed by atoms with Crippen LogP contribution in [0.25, 0.3) is 0 Å². The number of aryl methyl sites for hydroxylation is 2. The lowest BCUT2D eigenvalue weighted by Gasteiger charge is -2.46. The average molecular weight is 646 g/mol. The van der Waals surface area contributed by atoms with Crippen molar-refractivity contribution in [1.82, 2.24) is 24.6 Å². The summed E-state index contributed by atoms with van der Waals surface area (Å²) in [4.78, 5) is 40.2. The highest BCUT2D eigenvalue weighted by atomic mass is 35.5. The van der Waals surface area contributed by atoms with Crippen LogP contribution < -0.4 is 5.73 Å². The number of amides is 2. The second-order valence-corrected chi connectivity index (χ2v) is 13.4. The number of hydrogen-bond donors (Lipinski definition) is 1.